The van der Waals surface area contributed by atoms with Gasteiger partial charge in [-0.2, -0.15) is 0 Å². The van der Waals surface area contributed by atoms with Crippen molar-refractivity contribution in [2.24, 2.45) is 0 Å². The van der Waals surface area contributed by atoms with Crippen LogP contribution in [0.4, 0.5) is 5.82 Å². The van der Waals surface area contributed by atoms with Gasteiger partial charge in [0.2, 0.25) is 4.77 Å². The molecule has 2 N–H and O–H groups in total. The molecule has 4 aromatic heterocycles. The molecule has 30 heavy (non-hydrogen) atoms. The van der Waals surface area contributed by atoms with Crippen molar-refractivity contribution in [1.29, 1.82) is 0 Å². The van der Waals surface area contributed by atoms with Crippen LogP contribution >= 0.6 is 34.9 Å². The predicted octanol–water partition coefficient (Wildman–Crippen LogP) is 5.17. The van der Waals surface area contributed by atoms with E-state index >= 15 is 0 Å². The summed E-state index contributed by atoms with van der Waals surface area (Å²) in [5.41, 5.74) is 9.46. The minimum absolute atomic E-state index is 0.217. The molecule has 4 aromatic rings. The fourth-order valence-corrected chi connectivity index (χ4v) is 7.33. The van der Waals surface area contributed by atoms with E-state index in [-0.39, 0.29) is 11.2 Å². The second kappa shape index (κ2) is 5.98. The quantitative estimate of drug-likeness (QED) is 0.366. The van der Waals surface area contributed by atoms with Crippen LogP contribution in [0.5, 0.6) is 0 Å². The Kier molecular flexibility index (Phi) is 3.80. The molecule has 0 aliphatic carbocycles. The Hall–Kier alpha value is -1.65. The van der Waals surface area contributed by atoms with Crippen molar-refractivity contribution in [3.63, 3.8) is 0 Å². The molecule has 0 fully saturated rings. The van der Waals surface area contributed by atoms with Gasteiger partial charge in [0.25, 0.3) is 0 Å². The maximum Gasteiger partial charge on any atom is 0.207 e. The fourth-order valence-electron chi connectivity index (χ4n) is 4.61. The maximum atomic E-state index is 6.58. The number of fused-ring (bicyclic) bond motifs is 9. The van der Waals surface area contributed by atoms with E-state index in [9.17, 15) is 0 Å². The molecule has 2 aliphatic rings. The Bertz CT molecular complexity index is 1440. The normalized spacial score (nSPS) is 20.0. The second-order valence-electron chi connectivity index (χ2n) is 9.37. The zero-order chi connectivity index (χ0) is 21.0. The molecule has 2 aliphatic heterocycles. The second-order valence-corrected chi connectivity index (χ2v) is 11.9. The summed E-state index contributed by atoms with van der Waals surface area (Å²) in [4.78, 5) is 14.1. The van der Waals surface area contributed by atoms with E-state index in [2.05, 4.69) is 27.7 Å². The number of nitrogens with zero attached hydrogens (tertiary/aromatic N) is 3. The third kappa shape index (κ3) is 2.62. The van der Waals surface area contributed by atoms with Crippen LogP contribution in [0.1, 0.15) is 48.6 Å². The summed E-state index contributed by atoms with van der Waals surface area (Å²) in [6, 6.07) is 0. The molecule has 6 nitrogen and oxygen atoms in total. The summed E-state index contributed by atoms with van der Waals surface area (Å²) in [5, 5.41) is 2.07. The van der Waals surface area contributed by atoms with Crippen LogP contribution in [0, 0.1) is 4.77 Å². The van der Waals surface area contributed by atoms with Gasteiger partial charge in [0.05, 0.1) is 35.2 Å². The molecular weight excluding hydrogens is 436 g/mol. The first kappa shape index (κ1) is 19.1. The molecule has 0 radical (unpaired) electrons. The molecule has 6 rings (SSSR count). The van der Waals surface area contributed by atoms with Crippen LogP contribution in [0.15, 0.2) is 0 Å². The number of aromatic nitrogens is 3. The average molecular weight is 459 g/mol. The van der Waals surface area contributed by atoms with Crippen LogP contribution in [-0.4, -0.2) is 25.6 Å². The molecule has 9 heteroatoms. The SMILES string of the molecule is CC1(C)Cc2c(sc3c2c(N)nc2c4c5c(sc4nc(=S)n23)COC(C)(C)C5)CO1. The van der Waals surface area contributed by atoms with E-state index in [0.717, 1.165) is 38.9 Å². The van der Waals surface area contributed by atoms with Gasteiger partial charge in [-0.25, -0.2) is 9.97 Å². The molecule has 0 aromatic carbocycles. The molecule has 6 heterocycles. The van der Waals surface area contributed by atoms with Gasteiger partial charge < -0.3 is 15.2 Å². The van der Waals surface area contributed by atoms with Crippen LogP contribution in [0.3, 0.4) is 0 Å². The molecule has 0 saturated carbocycles. The largest absolute Gasteiger partial charge is 0.383 e. The molecular formula is C21H22N4O2S3. The van der Waals surface area contributed by atoms with E-state index in [1.807, 2.05) is 4.40 Å². The van der Waals surface area contributed by atoms with Gasteiger partial charge in [-0.3, -0.25) is 4.40 Å². The Morgan fingerprint density at radius 3 is 2.20 bits per heavy atom. The minimum Gasteiger partial charge on any atom is -0.383 e. The summed E-state index contributed by atoms with van der Waals surface area (Å²) in [5.74, 6) is 0.563. The van der Waals surface area contributed by atoms with Gasteiger partial charge in [-0.05, 0) is 51.0 Å². The number of hydrogen-bond donors (Lipinski definition) is 1. The summed E-state index contributed by atoms with van der Waals surface area (Å²) < 4.78 is 14.6. The number of anilines is 1. The smallest absolute Gasteiger partial charge is 0.207 e. The lowest BCUT2D eigenvalue weighted by Gasteiger charge is -2.30. The van der Waals surface area contributed by atoms with Gasteiger partial charge in [-0.15, -0.1) is 22.7 Å². The highest BCUT2D eigenvalue weighted by atomic mass is 32.1. The Labute approximate surface area is 186 Å². The number of nitrogens with two attached hydrogens (primary N) is 1. The zero-order valence-electron chi connectivity index (χ0n) is 17.3. The maximum absolute atomic E-state index is 6.58. The minimum atomic E-state index is -0.218. The third-order valence-electron chi connectivity index (χ3n) is 6.05. The van der Waals surface area contributed by atoms with Crippen molar-refractivity contribution < 1.29 is 9.47 Å². The molecule has 0 atom stereocenters. The van der Waals surface area contributed by atoms with Crippen LogP contribution < -0.4 is 5.73 Å². The highest BCUT2D eigenvalue weighted by molar-refractivity contribution is 7.71. The first-order chi connectivity index (χ1) is 14.1. The fraction of sp³-hybridized carbons (Fsp3) is 0.476. The van der Waals surface area contributed by atoms with E-state index in [1.54, 1.807) is 22.7 Å². The van der Waals surface area contributed by atoms with Crippen molar-refractivity contribution in [3.8, 4) is 0 Å². The number of hydrogen-bond acceptors (Lipinski definition) is 8. The first-order valence-electron chi connectivity index (χ1n) is 9.98. The molecule has 0 saturated heterocycles. The van der Waals surface area contributed by atoms with Crippen LogP contribution in [0.25, 0.3) is 26.1 Å². The average Bonchev–Trinajstić information content (AvgIpc) is 3.17. The van der Waals surface area contributed by atoms with Crippen molar-refractivity contribution >= 4 is 66.8 Å². The van der Waals surface area contributed by atoms with Crippen molar-refractivity contribution in [2.45, 2.75) is 65.0 Å². The lowest BCUT2D eigenvalue weighted by Crippen LogP contribution is -2.31. The van der Waals surface area contributed by atoms with E-state index in [1.165, 1.54) is 20.9 Å². The lowest BCUT2D eigenvalue weighted by atomic mass is 9.94. The zero-order valence-corrected chi connectivity index (χ0v) is 19.7. The Morgan fingerprint density at radius 1 is 0.933 bits per heavy atom. The van der Waals surface area contributed by atoms with E-state index < -0.39 is 0 Å². The van der Waals surface area contributed by atoms with E-state index in [0.29, 0.717) is 23.8 Å². The Balaban J connectivity index is 1.74. The topological polar surface area (TPSA) is 74.7 Å². The van der Waals surface area contributed by atoms with Crippen molar-refractivity contribution in [3.05, 3.63) is 25.7 Å². The van der Waals surface area contributed by atoms with Gasteiger partial charge in [-0.1, -0.05) is 0 Å². The summed E-state index contributed by atoms with van der Waals surface area (Å²) in [7, 11) is 0. The molecule has 0 spiro atoms. The predicted molar refractivity (Wildman–Crippen MR) is 124 cm³/mol. The van der Waals surface area contributed by atoms with Gasteiger partial charge in [0.1, 0.15) is 15.5 Å². The molecule has 0 unspecified atom stereocenters. The number of ether oxygens (including phenoxy) is 2. The van der Waals surface area contributed by atoms with Gasteiger partial charge in [0, 0.05) is 22.6 Å². The highest BCUT2D eigenvalue weighted by Crippen LogP contribution is 2.44. The van der Waals surface area contributed by atoms with Gasteiger partial charge >= 0.3 is 0 Å². The molecule has 0 amide bonds. The Morgan fingerprint density at radius 2 is 1.53 bits per heavy atom. The van der Waals surface area contributed by atoms with Crippen LogP contribution in [0.2, 0.25) is 0 Å². The number of thiophene rings is 2. The third-order valence-corrected chi connectivity index (χ3v) is 8.61. The van der Waals surface area contributed by atoms with Gasteiger partial charge in [0.15, 0.2) is 5.65 Å². The van der Waals surface area contributed by atoms with E-state index in [4.69, 9.17) is 37.4 Å². The van der Waals surface area contributed by atoms with Crippen LogP contribution in [-0.2, 0) is 35.5 Å². The first-order valence-corrected chi connectivity index (χ1v) is 12.0. The number of rotatable bonds is 0. The lowest BCUT2D eigenvalue weighted by molar-refractivity contribution is -0.0381. The highest BCUT2D eigenvalue weighted by Gasteiger charge is 2.33. The van der Waals surface area contributed by atoms with Crippen molar-refractivity contribution in [2.75, 3.05) is 5.73 Å². The number of nitrogen functional groups attached to an aromatic ring is 1. The summed E-state index contributed by atoms with van der Waals surface area (Å²) >= 11 is 9.10. The standard InChI is InChI=1S/C21H22N4O2S3/c1-20(2)5-9-12(8-27-20)30-18-13(9)15(22)23-16-14-10-6-21(3,4)26-7-11(10)29-17(14)24-19(28)25(16)18/h5-8H2,1-4H3,(H2,22,23). The summed E-state index contributed by atoms with van der Waals surface area (Å²) in [6.07, 6.45) is 1.63. The molecule has 156 valence electrons. The molecule has 0 bridgehead atoms. The van der Waals surface area contributed by atoms with Crippen molar-refractivity contribution in [1.82, 2.24) is 14.4 Å². The summed E-state index contributed by atoms with van der Waals surface area (Å²) in [6.45, 7) is 9.66. The monoisotopic (exact) mass is 458 g/mol.